The minimum Gasteiger partial charge on any atom is -0.481 e. The number of halogens is 1. The highest BCUT2D eigenvalue weighted by molar-refractivity contribution is 5.96. The summed E-state index contributed by atoms with van der Waals surface area (Å²) in [4.78, 5) is 22.2. The standard InChI is InChI=1S/C13H16FNO3/c1-7-4-5-10(6-11(7)14)9(3)15-12(16)8(2)13(17)18/h4-6,8-9H,1-3H3,(H,15,16)(H,17,18). The lowest BCUT2D eigenvalue weighted by atomic mass is 10.0. The second-order valence-electron chi connectivity index (χ2n) is 4.30. The van der Waals surface area contributed by atoms with Crippen LogP contribution in [0.1, 0.15) is 31.0 Å². The molecule has 0 aromatic heterocycles. The maximum atomic E-state index is 13.4. The van der Waals surface area contributed by atoms with Crippen LogP contribution in [0.5, 0.6) is 0 Å². The van der Waals surface area contributed by atoms with Crippen LogP contribution in [0, 0.1) is 18.7 Å². The van der Waals surface area contributed by atoms with Crippen LogP contribution in [-0.2, 0) is 9.59 Å². The van der Waals surface area contributed by atoms with Crippen LogP contribution in [-0.4, -0.2) is 17.0 Å². The van der Waals surface area contributed by atoms with Crippen LogP contribution in [0.25, 0.3) is 0 Å². The number of carboxylic acid groups (broad SMARTS) is 1. The number of aryl methyl sites for hydroxylation is 1. The van der Waals surface area contributed by atoms with E-state index in [1.165, 1.54) is 13.0 Å². The average Bonchev–Trinajstić information content (AvgIpc) is 2.31. The molecule has 2 unspecified atom stereocenters. The van der Waals surface area contributed by atoms with E-state index in [1.807, 2.05) is 0 Å². The number of nitrogens with one attached hydrogen (secondary N) is 1. The summed E-state index contributed by atoms with van der Waals surface area (Å²) in [6.45, 7) is 4.63. The van der Waals surface area contributed by atoms with Gasteiger partial charge in [-0.25, -0.2) is 4.39 Å². The monoisotopic (exact) mass is 253 g/mol. The quantitative estimate of drug-likeness (QED) is 0.807. The van der Waals surface area contributed by atoms with E-state index in [0.29, 0.717) is 11.1 Å². The first-order valence-corrected chi connectivity index (χ1v) is 5.62. The molecule has 0 heterocycles. The van der Waals surface area contributed by atoms with Gasteiger partial charge in [-0.3, -0.25) is 9.59 Å². The SMILES string of the molecule is Cc1ccc(C(C)NC(=O)C(C)C(=O)O)cc1F. The van der Waals surface area contributed by atoms with Gasteiger partial charge in [-0.05, 0) is 38.0 Å². The van der Waals surface area contributed by atoms with Crippen molar-refractivity contribution in [3.63, 3.8) is 0 Å². The van der Waals surface area contributed by atoms with Gasteiger partial charge in [-0.15, -0.1) is 0 Å². The van der Waals surface area contributed by atoms with Crippen molar-refractivity contribution in [2.75, 3.05) is 0 Å². The number of carbonyl (C=O) groups is 2. The number of carboxylic acids is 1. The molecule has 2 N–H and O–H groups in total. The molecule has 0 aliphatic rings. The van der Waals surface area contributed by atoms with Crippen LogP contribution in [0.2, 0.25) is 0 Å². The van der Waals surface area contributed by atoms with E-state index in [9.17, 15) is 14.0 Å². The molecule has 0 spiro atoms. The minimum atomic E-state index is -1.19. The van der Waals surface area contributed by atoms with Crippen molar-refractivity contribution in [2.24, 2.45) is 5.92 Å². The third-order valence-electron chi connectivity index (χ3n) is 2.82. The highest BCUT2D eigenvalue weighted by Crippen LogP contribution is 2.16. The fourth-order valence-electron chi connectivity index (χ4n) is 1.41. The molecule has 5 heteroatoms. The summed E-state index contributed by atoms with van der Waals surface area (Å²) < 4.78 is 13.4. The highest BCUT2D eigenvalue weighted by Gasteiger charge is 2.22. The van der Waals surface area contributed by atoms with Crippen molar-refractivity contribution in [2.45, 2.75) is 26.8 Å². The average molecular weight is 253 g/mol. The third-order valence-corrected chi connectivity index (χ3v) is 2.82. The zero-order valence-corrected chi connectivity index (χ0v) is 10.5. The molecular weight excluding hydrogens is 237 g/mol. The normalized spacial score (nSPS) is 13.8. The van der Waals surface area contributed by atoms with Crippen LogP contribution in [0.4, 0.5) is 4.39 Å². The number of rotatable bonds is 4. The predicted molar refractivity (Wildman–Crippen MR) is 64.5 cm³/mol. The number of hydrogen-bond donors (Lipinski definition) is 2. The molecule has 1 aromatic rings. The van der Waals surface area contributed by atoms with E-state index in [4.69, 9.17) is 5.11 Å². The smallest absolute Gasteiger partial charge is 0.315 e. The Hall–Kier alpha value is -1.91. The lowest BCUT2D eigenvalue weighted by Gasteiger charge is -2.16. The molecule has 2 atom stereocenters. The molecule has 1 rings (SSSR count). The van der Waals surface area contributed by atoms with Crippen LogP contribution in [0.15, 0.2) is 18.2 Å². The van der Waals surface area contributed by atoms with E-state index in [-0.39, 0.29) is 5.82 Å². The van der Waals surface area contributed by atoms with Gasteiger partial charge in [0.15, 0.2) is 0 Å². The van der Waals surface area contributed by atoms with Gasteiger partial charge < -0.3 is 10.4 Å². The Kier molecular flexibility index (Phi) is 4.42. The molecule has 0 bridgehead atoms. The first kappa shape index (κ1) is 14.2. The largest absolute Gasteiger partial charge is 0.481 e. The van der Waals surface area contributed by atoms with Crippen LogP contribution >= 0.6 is 0 Å². The highest BCUT2D eigenvalue weighted by atomic mass is 19.1. The molecule has 1 aromatic carbocycles. The molecule has 1 amide bonds. The molecule has 18 heavy (non-hydrogen) atoms. The number of amides is 1. The first-order valence-electron chi connectivity index (χ1n) is 5.62. The fraction of sp³-hybridized carbons (Fsp3) is 0.385. The van der Waals surface area contributed by atoms with E-state index in [2.05, 4.69) is 5.32 Å². The number of benzene rings is 1. The molecule has 4 nitrogen and oxygen atoms in total. The van der Waals surface area contributed by atoms with E-state index in [0.717, 1.165) is 0 Å². The molecular formula is C13H16FNO3. The maximum absolute atomic E-state index is 13.4. The zero-order chi connectivity index (χ0) is 13.9. The lowest BCUT2D eigenvalue weighted by Crippen LogP contribution is -2.35. The Bertz CT molecular complexity index is 473. The Morgan fingerprint density at radius 3 is 2.44 bits per heavy atom. The molecule has 0 aliphatic heterocycles. The lowest BCUT2D eigenvalue weighted by molar-refractivity contribution is -0.146. The van der Waals surface area contributed by atoms with E-state index in [1.54, 1.807) is 26.0 Å². The second-order valence-corrected chi connectivity index (χ2v) is 4.30. The van der Waals surface area contributed by atoms with Gasteiger partial charge in [0.1, 0.15) is 11.7 Å². The van der Waals surface area contributed by atoms with Gasteiger partial charge in [-0.2, -0.15) is 0 Å². The van der Waals surface area contributed by atoms with Gasteiger partial charge in [-0.1, -0.05) is 12.1 Å². The third kappa shape index (κ3) is 3.29. The van der Waals surface area contributed by atoms with Gasteiger partial charge in [0.05, 0.1) is 6.04 Å². The summed E-state index contributed by atoms with van der Waals surface area (Å²) in [5, 5.41) is 11.2. The van der Waals surface area contributed by atoms with E-state index < -0.39 is 23.8 Å². The van der Waals surface area contributed by atoms with Crippen molar-refractivity contribution in [1.29, 1.82) is 0 Å². The summed E-state index contributed by atoms with van der Waals surface area (Å²) in [7, 11) is 0. The second kappa shape index (κ2) is 5.62. The summed E-state index contributed by atoms with van der Waals surface area (Å²) in [6, 6.07) is 4.23. The van der Waals surface area contributed by atoms with Crippen LogP contribution < -0.4 is 5.32 Å². The van der Waals surface area contributed by atoms with Crippen molar-refractivity contribution in [3.05, 3.63) is 35.1 Å². The summed E-state index contributed by atoms with van der Waals surface area (Å²) in [6.07, 6.45) is 0. The van der Waals surface area contributed by atoms with Crippen molar-refractivity contribution in [3.8, 4) is 0 Å². The Morgan fingerprint density at radius 1 is 1.33 bits per heavy atom. The predicted octanol–water partition coefficient (Wildman–Crippen LogP) is 2.03. The van der Waals surface area contributed by atoms with E-state index >= 15 is 0 Å². The molecule has 0 radical (unpaired) electrons. The number of carbonyl (C=O) groups excluding carboxylic acids is 1. The van der Waals surface area contributed by atoms with Crippen molar-refractivity contribution in [1.82, 2.24) is 5.32 Å². The van der Waals surface area contributed by atoms with Gasteiger partial charge in [0.25, 0.3) is 0 Å². The number of hydrogen-bond acceptors (Lipinski definition) is 2. The van der Waals surface area contributed by atoms with Crippen molar-refractivity contribution < 1.29 is 19.1 Å². The molecule has 0 saturated heterocycles. The summed E-state index contributed by atoms with van der Waals surface area (Å²) in [5.41, 5.74) is 1.13. The molecule has 0 saturated carbocycles. The van der Waals surface area contributed by atoms with Crippen LogP contribution in [0.3, 0.4) is 0 Å². The number of aliphatic carboxylic acids is 1. The minimum absolute atomic E-state index is 0.347. The Morgan fingerprint density at radius 2 is 1.94 bits per heavy atom. The topological polar surface area (TPSA) is 66.4 Å². The molecule has 0 fully saturated rings. The van der Waals surface area contributed by atoms with Gasteiger partial charge in [0.2, 0.25) is 5.91 Å². The summed E-state index contributed by atoms with van der Waals surface area (Å²) in [5.74, 6) is -3.24. The fourth-order valence-corrected chi connectivity index (χ4v) is 1.41. The summed E-state index contributed by atoms with van der Waals surface area (Å²) >= 11 is 0. The van der Waals surface area contributed by atoms with Gasteiger partial charge >= 0.3 is 5.97 Å². The molecule has 0 aliphatic carbocycles. The first-order chi connectivity index (χ1) is 8.32. The van der Waals surface area contributed by atoms with Crippen molar-refractivity contribution >= 4 is 11.9 Å². The molecule has 98 valence electrons. The zero-order valence-electron chi connectivity index (χ0n) is 10.5. The Labute approximate surface area is 105 Å². The maximum Gasteiger partial charge on any atom is 0.315 e. The van der Waals surface area contributed by atoms with Gasteiger partial charge in [0, 0.05) is 0 Å². The Balaban J connectivity index is 2.76.